The van der Waals surface area contributed by atoms with Gasteiger partial charge in [-0.05, 0) is 12.0 Å². The maximum atomic E-state index is 14.8. The summed E-state index contributed by atoms with van der Waals surface area (Å²) in [5.41, 5.74) is 0.754. The average molecular weight is 422 g/mol. The minimum Gasteiger partial charge on any atom is -0.394 e. The first-order valence-electron chi connectivity index (χ1n) is 10.3. The van der Waals surface area contributed by atoms with Crippen LogP contribution in [0.4, 0.5) is 0 Å². The largest absolute Gasteiger partial charge is 0.394 e. The summed E-state index contributed by atoms with van der Waals surface area (Å²) < 4.78 is 27.0. The Bertz CT molecular complexity index is 919. The predicted octanol–water partition coefficient (Wildman–Crippen LogP) is 3.74. The van der Waals surface area contributed by atoms with Gasteiger partial charge in [0.15, 0.2) is 0 Å². The van der Waals surface area contributed by atoms with Crippen molar-refractivity contribution in [3.63, 3.8) is 0 Å². The molecule has 156 valence electrons. The fourth-order valence-corrected chi connectivity index (χ4v) is 7.66. The lowest BCUT2D eigenvalue weighted by Gasteiger charge is -2.41. The topological polar surface area (TPSA) is 55.8 Å². The van der Waals surface area contributed by atoms with E-state index in [-0.39, 0.29) is 12.3 Å². The highest BCUT2D eigenvalue weighted by Gasteiger charge is 2.47. The first-order chi connectivity index (χ1) is 14.7. The molecule has 1 aliphatic heterocycles. The molecule has 4 nitrogen and oxygen atoms in total. The van der Waals surface area contributed by atoms with E-state index in [1.165, 1.54) is 0 Å². The van der Waals surface area contributed by atoms with Gasteiger partial charge in [0.2, 0.25) is 0 Å². The lowest BCUT2D eigenvalue weighted by atomic mass is 10.1. The molecule has 0 aromatic heterocycles. The van der Waals surface area contributed by atoms with E-state index in [9.17, 15) is 9.67 Å². The molecule has 0 amide bonds. The fraction of sp³-hybridized carbons (Fsp3) is 0.280. The van der Waals surface area contributed by atoms with Gasteiger partial charge in [0.05, 0.1) is 25.0 Å². The van der Waals surface area contributed by atoms with E-state index in [1.54, 1.807) is 0 Å². The molecule has 3 aromatic rings. The third-order valence-corrected chi connectivity index (χ3v) is 9.32. The van der Waals surface area contributed by atoms with Crippen molar-refractivity contribution in [1.82, 2.24) is 0 Å². The number of hydrogen-bond acceptors (Lipinski definition) is 4. The van der Waals surface area contributed by atoms with Gasteiger partial charge in [0.25, 0.3) is 0 Å². The van der Waals surface area contributed by atoms with Gasteiger partial charge in [-0.2, -0.15) is 0 Å². The standard InChI is InChI=1S/C25H27O4P/c26-18-23-25(29-19-20-10-4-1-5-11-20)24(16-17-28-23)30(27,21-12-6-2-7-13-21)22-14-8-3-9-15-22/h1-15,23-26H,16-19H2/t23-,24+,25-/m1/s1. The molecule has 0 saturated carbocycles. The minimum absolute atomic E-state index is 0.167. The van der Waals surface area contributed by atoms with E-state index in [4.69, 9.17) is 9.47 Å². The zero-order valence-corrected chi connectivity index (χ0v) is 17.7. The van der Waals surface area contributed by atoms with Crippen LogP contribution >= 0.6 is 7.14 Å². The Balaban J connectivity index is 1.74. The molecular formula is C25H27O4P. The van der Waals surface area contributed by atoms with Crippen molar-refractivity contribution in [3.05, 3.63) is 96.6 Å². The Morgan fingerprint density at radius 3 is 1.93 bits per heavy atom. The molecular weight excluding hydrogens is 395 g/mol. The first kappa shape index (κ1) is 21.0. The summed E-state index contributed by atoms with van der Waals surface area (Å²) in [5, 5.41) is 11.6. The molecule has 0 aliphatic carbocycles. The van der Waals surface area contributed by atoms with Crippen LogP contribution < -0.4 is 10.6 Å². The number of benzene rings is 3. The molecule has 1 saturated heterocycles. The van der Waals surface area contributed by atoms with Crippen LogP contribution in [0.25, 0.3) is 0 Å². The Labute approximate surface area is 177 Å². The average Bonchev–Trinajstić information content (AvgIpc) is 2.83. The summed E-state index contributed by atoms with van der Waals surface area (Å²) in [4.78, 5) is 0. The second-order valence-corrected chi connectivity index (χ2v) is 10.6. The lowest BCUT2D eigenvalue weighted by Crippen LogP contribution is -2.50. The van der Waals surface area contributed by atoms with E-state index in [1.807, 2.05) is 91.0 Å². The number of hydrogen-bond donors (Lipinski definition) is 1. The summed E-state index contributed by atoms with van der Waals surface area (Å²) in [7, 11) is -3.04. The fourth-order valence-electron chi connectivity index (χ4n) is 4.21. The van der Waals surface area contributed by atoms with E-state index < -0.39 is 19.3 Å². The molecule has 4 rings (SSSR count). The SMILES string of the molecule is O=P(c1ccccc1)(c1ccccc1)[C@H]1CCO[C@H](CO)[C@H]1OCc1ccccc1. The molecule has 1 fully saturated rings. The summed E-state index contributed by atoms with van der Waals surface area (Å²) in [6.07, 6.45) is -0.375. The first-order valence-corrected chi connectivity index (χ1v) is 12.1. The van der Waals surface area contributed by atoms with Crippen LogP contribution in [0, 0.1) is 0 Å². The number of rotatable bonds is 7. The number of aliphatic hydroxyl groups excluding tert-OH is 1. The van der Waals surface area contributed by atoms with Crippen molar-refractivity contribution in [1.29, 1.82) is 0 Å². The Morgan fingerprint density at radius 1 is 0.867 bits per heavy atom. The lowest BCUT2D eigenvalue weighted by molar-refractivity contribution is -0.124. The molecule has 1 aliphatic rings. The highest BCUT2D eigenvalue weighted by Crippen LogP contribution is 2.53. The van der Waals surface area contributed by atoms with Crippen molar-refractivity contribution in [2.75, 3.05) is 13.2 Å². The summed E-state index contributed by atoms with van der Waals surface area (Å²) in [6, 6.07) is 29.2. The van der Waals surface area contributed by atoms with Crippen molar-refractivity contribution in [2.45, 2.75) is 30.9 Å². The van der Waals surface area contributed by atoms with Crippen molar-refractivity contribution in [2.24, 2.45) is 0 Å². The normalized spacial score (nSPS) is 22.0. The van der Waals surface area contributed by atoms with Gasteiger partial charge in [-0.3, -0.25) is 0 Å². The zero-order chi connectivity index (χ0) is 20.8. The Morgan fingerprint density at radius 2 is 1.40 bits per heavy atom. The van der Waals surface area contributed by atoms with E-state index in [2.05, 4.69) is 0 Å². The smallest absolute Gasteiger partial charge is 0.148 e. The molecule has 3 aromatic carbocycles. The maximum Gasteiger partial charge on any atom is 0.148 e. The highest BCUT2D eigenvalue weighted by atomic mass is 31.2. The summed E-state index contributed by atoms with van der Waals surface area (Å²) >= 11 is 0. The molecule has 3 atom stereocenters. The van der Waals surface area contributed by atoms with Gasteiger partial charge in [-0.25, -0.2) is 0 Å². The van der Waals surface area contributed by atoms with Crippen LogP contribution in [-0.4, -0.2) is 36.2 Å². The van der Waals surface area contributed by atoms with E-state index >= 15 is 0 Å². The predicted molar refractivity (Wildman–Crippen MR) is 120 cm³/mol. The zero-order valence-electron chi connectivity index (χ0n) is 16.8. The third-order valence-electron chi connectivity index (χ3n) is 5.70. The van der Waals surface area contributed by atoms with Crippen LogP contribution in [0.1, 0.15) is 12.0 Å². The molecule has 0 bridgehead atoms. The van der Waals surface area contributed by atoms with Gasteiger partial charge in [0.1, 0.15) is 13.2 Å². The van der Waals surface area contributed by atoms with E-state index in [0.29, 0.717) is 19.6 Å². The maximum absolute atomic E-state index is 14.8. The summed E-state index contributed by atoms with van der Waals surface area (Å²) in [5.74, 6) is 0. The highest BCUT2D eigenvalue weighted by molar-refractivity contribution is 7.79. The molecule has 0 spiro atoms. The quantitative estimate of drug-likeness (QED) is 0.590. The Hall–Kier alpha value is -2.23. The van der Waals surface area contributed by atoms with Crippen molar-refractivity contribution < 1.29 is 19.1 Å². The second-order valence-electron chi connectivity index (χ2n) is 7.54. The van der Waals surface area contributed by atoms with Gasteiger partial charge in [-0.1, -0.05) is 91.0 Å². The minimum atomic E-state index is -3.04. The van der Waals surface area contributed by atoms with Crippen LogP contribution in [0.15, 0.2) is 91.0 Å². The second kappa shape index (κ2) is 9.72. The monoisotopic (exact) mass is 422 g/mol. The van der Waals surface area contributed by atoms with Crippen molar-refractivity contribution in [3.8, 4) is 0 Å². The Kier molecular flexibility index (Phi) is 6.81. The van der Waals surface area contributed by atoms with Crippen LogP contribution in [-0.2, 0) is 20.6 Å². The van der Waals surface area contributed by atoms with Gasteiger partial charge in [0, 0.05) is 17.2 Å². The molecule has 1 heterocycles. The van der Waals surface area contributed by atoms with Gasteiger partial charge >= 0.3 is 0 Å². The summed E-state index contributed by atoms with van der Waals surface area (Å²) in [6.45, 7) is 0.662. The molecule has 5 heteroatoms. The molecule has 0 radical (unpaired) electrons. The molecule has 0 unspecified atom stereocenters. The van der Waals surface area contributed by atoms with Gasteiger partial charge < -0.3 is 19.1 Å². The van der Waals surface area contributed by atoms with E-state index in [0.717, 1.165) is 16.2 Å². The van der Waals surface area contributed by atoms with Crippen LogP contribution in [0.3, 0.4) is 0 Å². The third kappa shape index (κ3) is 4.28. The molecule has 1 N–H and O–H groups in total. The van der Waals surface area contributed by atoms with Crippen LogP contribution in [0.5, 0.6) is 0 Å². The number of aliphatic hydroxyl groups is 1. The van der Waals surface area contributed by atoms with Crippen LogP contribution in [0.2, 0.25) is 0 Å². The van der Waals surface area contributed by atoms with Crippen molar-refractivity contribution >= 4 is 17.8 Å². The number of ether oxygens (including phenoxy) is 2. The molecule has 30 heavy (non-hydrogen) atoms. The van der Waals surface area contributed by atoms with Gasteiger partial charge in [-0.15, -0.1) is 0 Å².